The standard InChI is InChI=1S/C9H13F3N4S/c1-17-8-15-6(13)5-7(16-8)14-4-2-3-9(10,11)12/h5H,2-4H2,1H3,(H3,13,14,15,16). The molecule has 4 nitrogen and oxygen atoms in total. The molecular weight excluding hydrogens is 253 g/mol. The van der Waals surface area contributed by atoms with Crippen molar-refractivity contribution >= 4 is 23.4 Å². The van der Waals surface area contributed by atoms with Gasteiger partial charge in [0.2, 0.25) is 0 Å². The molecule has 0 aliphatic rings. The van der Waals surface area contributed by atoms with Crippen LogP contribution in [0.2, 0.25) is 0 Å². The number of alkyl halides is 3. The monoisotopic (exact) mass is 266 g/mol. The molecule has 0 aliphatic heterocycles. The fourth-order valence-electron chi connectivity index (χ4n) is 1.13. The van der Waals surface area contributed by atoms with Gasteiger partial charge in [-0.25, -0.2) is 9.97 Å². The lowest BCUT2D eigenvalue weighted by atomic mass is 10.3. The van der Waals surface area contributed by atoms with Crippen LogP contribution in [0.3, 0.4) is 0 Å². The summed E-state index contributed by atoms with van der Waals surface area (Å²) in [6.45, 7) is 0.198. The maximum Gasteiger partial charge on any atom is 0.389 e. The minimum Gasteiger partial charge on any atom is -0.383 e. The molecule has 1 aromatic rings. The predicted molar refractivity (Wildman–Crippen MR) is 62.0 cm³/mol. The first-order valence-electron chi connectivity index (χ1n) is 4.90. The summed E-state index contributed by atoms with van der Waals surface area (Å²) in [5, 5.41) is 3.28. The lowest BCUT2D eigenvalue weighted by molar-refractivity contribution is -0.134. The molecule has 17 heavy (non-hydrogen) atoms. The van der Waals surface area contributed by atoms with Crippen molar-refractivity contribution in [3.8, 4) is 0 Å². The van der Waals surface area contributed by atoms with Crippen LogP contribution in [0.4, 0.5) is 24.8 Å². The van der Waals surface area contributed by atoms with Crippen LogP contribution in [-0.2, 0) is 0 Å². The molecule has 0 unspecified atom stereocenters. The van der Waals surface area contributed by atoms with Gasteiger partial charge in [0, 0.05) is 19.0 Å². The van der Waals surface area contributed by atoms with Gasteiger partial charge in [0.05, 0.1) is 0 Å². The van der Waals surface area contributed by atoms with Gasteiger partial charge in [-0.05, 0) is 12.7 Å². The fraction of sp³-hybridized carbons (Fsp3) is 0.556. The van der Waals surface area contributed by atoms with Gasteiger partial charge in [0.1, 0.15) is 11.6 Å². The summed E-state index contributed by atoms with van der Waals surface area (Å²) < 4.78 is 35.7. The Morgan fingerprint density at radius 1 is 1.41 bits per heavy atom. The molecule has 1 rings (SSSR count). The molecule has 1 heterocycles. The second kappa shape index (κ2) is 5.95. The molecule has 0 fully saturated rings. The average molecular weight is 266 g/mol. The van der Waals surface area contributed by atoms with Gasteiger partial charge in [0.25, 0.3) is 0 Å². The van der Waals surface area contributed by atoms with E-state index in [2.05, 4.69) is 15.3 Å². The molecule has 3 N–H and O–H groups in total. The van der Waals surface area contributed by atoms with E-state index in [1.54, 1.807) is 6.26 Å². The highest BCUT2D eigenvalue weighted by Gasteiger charge is 2.25. The minimum atomic E-state index is -4.11. The topological polar surface area (TPSA) is 63.8 Å². The largest absolute Gasteiger partial charge is 0.389 e. The van der Waals surface area contributed by atoms with Crippen molar-refractivity contribution < 1.29 is 13.2 Å². The lowest BCUT2D eigenvalue weighted by Gasteiger charge is -2.08. The van der Waals surface area contributed by atoms with Crippen molar-refractivity contribution in [3.63, 3.8) is 0 Å². The van der Waals surface area contributed by atoms with E-state index in [0.717, 1.165) is 0 Å². The first-order valence-corrected chi connectivity index (χ1v) is 6.12. The Balaban J connectivity index is 2.44. The van der Waals surface area contributed by atoms with Gasteiger partial charge in [0.15, 0.2) is 5.16 Å². The highest BCUT2D eigenvalue weighted by molar-refractivity contribution is 7.98. The number of hydrogen-bond donors (Lipinski definition) is 2. The summed E-state index contributed by atoms with van der Waals surface area (Å²) in [6, 6.07) is 1.49. The lowest BCUT2D eigenvalue weighted by Crippen LogP contribution is -2.12. The summed E-state index contributed by atoms with van der Waals surface area (Å²) in [4.78, 5) is 8.00. The third-order valence-electron chi connectivity index (χ3n) is 1.85. The number of aromatic nitrogens is 2. The van der Waals surface area contributed by atoms with Crippen LogP contribution in [-0.4, -0.2) is 28.9 Å². The molecule has 0 saturated carbocycles. The van der Waals surface area contributed by atoms with E-state index < -0.39 is 12.6 Å². The Morgan fingerprint density at radius 3 is 2.71 bits per heavy atom. The number of halogens is 3. The van der Waals surface area contributed by atoms with Gasteiger partial charge in [-0.1, -0.05) is 11.8 Å². The molecule has 0 saturated heterocycles. The van der Waals surface area contributed by atoms with E-state index in [4.69, 9.17) is 5.73 Å². The number of thioether (sulfide) groups is 1. The highest BCUT2D eigenvalue weighted by atomic mass is 32.2. The van der Waals surface area contributed by atoms with E-state index in [0.29, 0.717) is 16.8 Å². The third kappa shape index (κ3) is 5.62. The summed E-state index contributed by atoms with van der Waals surface area (Å²) >= 11 is 1.32. The highest BCUT2D eigenvalue weighted by Crippen LogP contribution is 2.21. The maximum atomic E-state index is 11.9. The predicted octanol–water partition coefficient (Wildman–Crippen LogP) is 2.54. The zero-order chi connectivity index (χ0) is 12.9. The Morgan fingerprint density at radius 2 is 2.12 bits per heavy atom. The number of hydrogen-bond acceptors (Lipinski definition) is 5. The van der Waals surface area contributed by atoms with E-state index in [9.17, 15) is 13.2 Å². The van der Waals surface area contributed by atoms with Gasteiger partial charge in [-0.3, -0.25) is 0 Å². The fourth-order valence-corrected chi connectivity index (χ4v) is 1.52. The molecule has 96 valence electrons. The Labute approximate surface area is 101 Å². The molecular formula is C9H13F3N4S. The van der Waals surface area contributed by atoms with Gasteiger partial charge < -0.3 is 11.1 Å². The first kappa shape index (κ1) is 13.9. The van der Waals surface area contributed by atoms with Crippen LogP contribution in [0.25, 0.3) is 0 Å². The van der Waals surface area contributed by atoms with E-state index in [1.807, 2.05) is 0 Å². The molecule has 0 aliphatic carbocycles. The van der Waals surface area contributed by atoms with E-state index in [-0.39, 0.29) is 13.0 Å². The van der Waals surface area contributed by atoms with Crippen LogP contribution in [0.15, 0.2) is 11.2 Å². The normalized spacial score (nSPS) is 11.5. The second-order valence-corrected chi connectivity index (χ2v) is 4.08. The smallest absolute Gasteiger partial charge is 0.383 e. The third-order valence-corrected chi connectivity index (χ3v) is 2.40. The summed E-state index contributed by atoms with van der Waals surface area (Å²) in [5.41, 5.74) is 5.52. The molecule has 0 spiro atoms. The van der Waals surface area contributed by atoms with E-state index in [1.165, 1.54) is 17.8 Å². The summed E-state index contributed by atoms with van der Waals surface area (Å²) in [6.07, 6.45) is -3.13. The van der Waals surface area contributed by atoms with Crippen LogP contribution in [0.1, 0.15) is 12.8 Å². The van der Waals surface area contributed by atoms with Crippen LogP contribution in [0.5, 0.6) is 0 Å². The molecule has 1 aromatic heterocycles. The Hall–Kier alpha value is -1.18. The molecule has 0 radical (unpaired) electrons. The van der Waals surface area contributed by atoms with Gasteiger partial charge >= 0.3 is 6.18 Å². The zero-order valence-corrected chi connectivity index (χ0v) is 10.0. The van der Waals surface area contributed by atoms with Crippen molar-refractivity contribution in [3.05, 3.63) is 6.07 Å². The quantitative estimate of drug-likeness (QED) is 0.487. The minimum absolute atomic E-state index is 0.00199. The Bertz CT molecular complexity index is 370. The van der Waals surface area contributed by atoms with Crippen LogP contribution < -0.4 is 11.1 Å². The van der Waals surface area contributed by atoms with Crippen molar-refractivity contribution in [2.24, 2.45) is 0 Å². The van der Waals surface area contributed by atoms with Crippen LogP contribution >= 0.6 is 11.8 Å². The maximum absolute atomic E-state index is 11.9. The molecule has 0 aromatic carbocycles. The molecule has 0 amide bonds. The average Bonchev–Trinajstić information content (AvgIpc) is 2.22. The van der Waals surface area contributed by atoms with Crippen molar-refractivity contribution in [2.75, 3.05) is 23.9 Å². The number of nitrogens with zero attached hydrogens (tertiary/aromatic N) is 2. The number of nitrogens with two attached hydrogens (primary N) is 1. The molecule has 0 bridgehead atoms. The summed E-state index contributed by atoms with van der Waals surface area (Å²) in [5.74, 6) is 0.742. The zero-order valence-electron chi connectivity index (χ0n) is 9.21. The number of nitrogens with one attached hydrogen (secondary N) is 1. The number of rotatable bonds is 5. The first-order chi connectivity index (χ1) is 7.90. The second-order valence-electron chi connectivity index (χ2n) is 3.31. The van der Waals surface area contributed by atoms with Crippen molar-refractivity contribution in [1.82, 2.24) is 9.97 Å². The van der Waals surface area contributed by atoms with Gasteiger partial charge in [-0.15, -0.1) is 0 Å². The molecule has 0 atom stereocenters. The molecule has 8 heteroatoms. The SMILES string of the molecule is CSc1nc(N)cc(NCCCC(F)(F)F)n1. The van der Waals surface area contributed by atoms with Crippen LogP contribution in [0, 0.1) is 0 Å². The van der Waals surface area contributed by atoms with Crippen molar-refractivity contribution in [2.45, 2.75) is 24.2 Å². The number of anilines is 2. The Kier molecular flexibility index (Phi) is 4.86. The summed E-state index contributed by atoms with van der Waals surface area (Å²) in [7, 11) is 0. The van der Waals surface area contributed by atoms with E-state index >= 15 is 0 Å². The number of nitrogen functional groups attached to an aromatic ring is 1. The van der Waals surface area contributed by atoms with Crippen molar-refractivity contribution in [1.29, 1.82) is 0 Å². The van der Waals surface area contributed by atoms with Gasteiger partial charge in [-0.2, -0.15) is 13.2 Å².